The van der Waals surface area contributed by atoms with Crippen LogP contribution >= 0.6 is 11.3 Å². The van der Waals surface area contributed by atoms with Gasteiger partial charge in [0.25, 0.3) is 5.91 Å². The average molecular weight is 389 g/mol. The van der Waals surface area contributed by atoms with Crippen molar-refractivity contribution in [3.05, 3.63) is 65.3 Å². The molecule has 1 atom stereocenters. The summed E-state index contributed by atoms with van der Waals surface area (Å²) in [7, 11) is -2.86. The van der Waals surface area contributed by atoms with Crippen molar-refractivity contribution >= 4 is 38.3 Å². The van der Waals surface area contributed by atoms with Crippen LogP contribution in [0.25, 0.3) is 11.1 Å². The molecule has 2 aromatic carbocycles. The van der Waals surface area contributed by atoms with Gasteiger partial charge in [-0.1, -0.05) is 18.2 Å². The quantitative estimate of drug-likeness (QED) is 0.576. The lowest BCUT2D eigenvalue weighted by Gasteiger charge is -2.10. The topological polar surface area (TPSA) is 96.0 Å². The normalized spacial score (nSPS) is 13.2. The van der Waals surface area contributed by atoms with E-state index in [0.717, 1.165) is 22.5 Å². The summed E-state index contributed by atoms with van der Waals surface area (Å²) < 4.78 is 32.8. The van der Waals surface area contributed by atoms with Gasteiger partial charge in [0.2, 0.25) is 0 Å². The first kappa shape index (κ1) is 18.1. The van der Waals surface area contributed by atoms with Gasteiger partial charge in [-0.05, 0) is 47.5 Å². The molecule has 0 saturated carbocycles. The lowest BCUT2D eigenvalue weighted by molar-refractivity contribution is 0.103. The Morgan fingerprint density at radius 2 is 1.77 bits per heavy atom. The molecular formula is C18H16FN3O2S2. The molecule has 26 heavy (non-hydrogen) atoms. The number of carbonyl (C=O) groups excluding carboxylic acids is 1. The van der Waals surface area contributed by atoms with Gasteiger partial charge in [-0.25, -0.2) is 13.4 Å². The second kappa shape index (κ2) is 6.89. The molecule has 5 nitrogen and oxygen atoms in total. The number of thiophene rings is 1. The van der Waals surface area contributed by atoms with Gasteiger partial charge >= 0.3 is 0 Å². The number of amides is 1. The zero-order chi connectivity index (χ0) is 18.9. The van der Waals surface area contributed by atoms with E-state index in [9.17, 15) is 13.4 Å². The van der Waals surface area contributed by atoms with Crippen LogP contribution < -0.4 is 11.1 Å². The molecule has 1 unspecified atom stereocenters. The van der Waals surface area contributed by atoms with E-state index in [0.29, 0.717) is 20.5 Å². The van der Waals surface area contributed by atoms with Gasteiger partial charge < -0.3 is 11.1 Å². The minimum absolute atomic E-state index is 0.326. The molecule has 0 aliphatic carbocycles. The van der Waals surface area contributed by atoms with Gasteiger partial charge in [-0.2, -0.15) is 0 Å². The van der Waals surface area contributed by atoms with Crippen LogP contribution in [-0.4, -0.2) is 16.4 Å². The molecule has 1 heterocycles. The fraction of sp³-hybridized carbons (Fsp3) is 0.0556. The summed E-state index contributed by atoms with van der Waals surface area (Å²) in [4.78, 5) is 12.8. The van der Waals surface area contributed by atoms with E-state index in [1.54, 1.807) is 30.3 Å². The summed E-state index contributed by atoms with van der Waals surface area (Å²) >= 11 is 1.02. The molecule has 1 aromatic heterocycles. The van der Waals surface area contributed by atoms with Crippen molar-refractivity contribution in [3.8, 4) is 11.1 Å². The predicted octanol–water partition coefficient (Wildman–Crippen LogP) is 4.42. The third kappa shape index (κ3) is 3.92. The standard InChI is InChI=1S/C18H16FN3O2S2/c1-26(21,24)17-9-8-16(25-17)18(23)22-15-10-12(4-7-14(15)20)11-2-5-13(19)6-3-11/h2-10,21H,20H2,1H3,(H,22,23). The maximum Gasteiger partial charge on any atom is 0.265 e. The number of nitrogens with two attached hydrogens (primary N) is 1. The van der Waals surface area contributed by atoms with E-state index in [4.69, 9.17) is 10.5 Å². The maximum atomic E-state index is 13.1. The second-order valence-electron chi connectivity index (χ2n) is 5.73. The van der Waals surface area contributed by atoms with Gasteiger partial charge in [-0.3, -0.25) is 4.79 Å². The average Bonchev–Trinajstić information content (AvgIpc) is 3.08. The van der Waals surface area contributed by atoms with Crippen LogP contribution in [0.3, 0.4) is 0 Å². The van der Waals surface area contributed by atoms with Crippen molar-refractivity contribution in [3.63, 3.8) is 0 Å². The van der Waals surface area contributed by atoms with Crippen molar-refractivity contribution in [1.29, 1.82) is 4.78 Å². The number of halogens is 1. The highest BCUT2D eigenvalue weighted by molar-refractivity contribution is 7.93. The highest BCUT2D eigenvalue weighted by Gasteiger charge is 2.14. The Labute approximate surface area is 154 Å². The molecule has 0 radical (unpaired) electrons. The van der Waals surface area contributed by atoms with Crippen LogP contribution in [0.5, 0.6) is 0 Å². The molecule has 0 bridgehead atoms. The largest absolute Gasteiger partial charge is 0.397 e. The highest BCUT2D eigenvalue weighted by atomic mass is 32.2. The van der Waals surface area contributed by atoms with E-state index < -0.39 is 15.6 Å². The molecule has 0 fully saturated rings. The van der Waals surface area contributed by atoms with E-state index in [1.807, 2.05) is 0 Å². The molecule has 0 aliphatic heterocycles. The number of benzene rings is 2. The number of anilines is 2. The van der Waals surface area contributed by atoms with Gasteiger partial charge in [0.15, 0.2) is 0 Å². The van der Waals surface area contributed by atoms with Crippen LogP contribution in [0, 0.1) is 10.6 Å². The smallest absolute Gasteiger partial charge is 0.265 e. The first-order valence-corrected chi connectivity index (χ1v) is 10.3. The Kier molecular flexibility index (Phi) is 4.80. The Hall–Kier alpha value is -2.71. The first-order chi connectivity index (χ1) is 12.2. The van der Waals surface area contributed by atoms with Crippen LogP contribution in [0.1, 0.15) is 9.67 Å². The number of hydrogen-bond donors (Lipinski definition) is 3. The molecule has 1 amide bonds. The highest BCUT2D eigenvalue weighted by Crippen LogP contribution is 2.29. The van der Waals surface area contributed by atoms with Crippen molar-refractivity contribution in [2.75, 3.05) is 17.3 Å². The monoisotopic (exact) mass is 389 g/mol. The molecule has 3 rings (SSSR count). The minimum Gasteiger partial charge on any atom is -0.397 e. The molecule has 3 aromatic rings. The lowest BCUT2D eigenvalue weighted by atomic mass is 10.0. The third-order valence-electron chi connectivity index (χ3n) is 3.67. The van der Waals surface area contributed by atoms with Gasteiger partial charge in [0.1, 0.15) is 5.82 Å². The number of carbonyl (C=O) groups is 1. The van der Waals surface area contributed by atoms with E-state index in [2.05, 4.69) is 5.32 Å². The summed E-state index contributed by atoms with van der Waals surface area (Å²) in [6.45, 7) is 0. The van der Waals surface area contributed by atoms with Gasteiger partial charge in [0.05, 0.1) is 30.2 Å². The first-order valence-electron chi connectivity index (χ1n) is 7.54. The number of hydrogen-bond acceptors (Lipinski definition) is 5. The van der Waals surface area contributed by atoms with Crippen molar-refractivity contribution in [1.82, 2.24) is 0 Å². The Bertz CT molecular complexity index is 1070. The second-order valence-corrected chi connectivity index (χ2v) is 9.19. The fourth-order valence-corrected chi connectivity index (χ4v) is 4.19. The summed E-state index contributed by atoms with van der Waals surface area (Å²) in [6.07, 6.45) is 1.31. The molecule has 0 spiro atoms. The Morgan fingerprint density at radius 1 is 1.12 bits per heavy atom. The third-order valence-corrected chi connectivity index (χ3v) is 6.65. The fourth-order valence-electron chi connectivity index (χ4n) is 2.32. The number of nitrogen functional groups attached to an aromatic ring is 1. The molecule has 0 aliphatic rings. The summed E-state index contributed by atoms with van der Waals surface area (Å²) in [5, 5.41) is 2.73. The van der Waals surface area contributed by atoms with Crippen molar-refractivity contribution in [2.45, 2.75) is 4.21 Å². The Balaban J connectivity index is 1.87. The summed E-state index contributed by atoms with van der Waals surface area (Å²) in [5.41, 5.74) is 8.33. The SMILES string of the molecule is CS(=N)(=O)c1ccc(C(=O)Nc2cc(-c3ccc(F)cc3)ccc2N)s1. The van der Waals surface area contributed by atoms with E-state index in [1.165, 1.54) is 30.5 Å². The van der Waals surface area contributed by atoms with Crippen molar-refractivity contribution < 1.29 is 13.4 Å². The zero-order valence-electron chi connectivity index (χ0n) is 13.8. The molecule has 134 valence electrons. The van der Waals surface area contributed by atoms with Crippen molar-refractivity contribution in [2.24, 2.45) is 0 Å². The molecule has 4 N–H and O–H groups in total. The number of nitrogens with one attached hydrogen (secondary N) is 2. The van der Waals surface area contributed by atoms with E-state index >= 15 is 0 Å². The minimum atomic E-state index is -2.86. The molecule has 0 saturated heterocycles. The van der Waals surface area contributed by atoms with Crippen LogP contribution in [0.2, 0.25) is 0 Å². The predicted molar refractivity (Wildman–Crippen MR) is 104 cm³/mol. The van der Waals surface area contributed by atoms with Crippen LogP contribution in [0.4, 0.5) is 15.8 Å². The summed E-state index contributed by atoms with van der Waals surface area (Å²) in [5.74, 6) is -0.721. The maximum absolute atomic E-state index is 13.1. The molecule has 8 heteroatoms. The van der Waals surface area contributed by atoms with E-state index in [-0.39, 0.29) is 5.82 Å². The lowest BCUT2D eigenvalue weighted by Crippen LogP contribution is -2.11. The Morgan fingerprint density at radius 3 is 2.38 bits per heavy atom. The number of rotatable bonds is 4. The van der Waals surface area contributed by atoms with Crippen LogP contribution in [0.15, 0.2) is 58.8 Å². The molecular weight excluding hydrogens is 373 g/mol. The summed E-state index contributed by atoms with van der Waals surface area (Å²) in [6, 6.07) is 14.2. The zero-order valence-corrected chi connectivity index (χ0v) is 15.4. The van der Waals surface area contributed by atoms with Crippen LogP contribution in [-0.2, 0) is 9.73 Å². The van der Waals surface area contributed by atoms with Gasteiger partial charge in [-0.15, -0.1) is 11.3 Å². The van der Waals surface area contributed by atoms with Gasteiger partial charge in [0, 0.05) is 6.26 Å².